The molecule has 0 aliphatic rings. The number of ether oxygens (including phenoxy) is 1. The van der Waals surface area contributed by atoms with Crippen molar-refractivity contribution < 1.29 is 4.74 Å². The summed E-state index contributed by atoms with van der Waals surface area (Å²) in [5.74, 6) is 5.48. The first kappa shape index (κ1) is 12.4. The van der Waals surface area contributed by atoms with Crippen LogP contribution >= 0.6 is 11.6 Å². The average Bonchev–Trinajstić information content (AvgIpc) is 2.24. The Morgan fingerprint density at radius 2 is 2.47 bits per heavy atom. The van der Waals surface area contributed by atoms with Crippen molar-refractivity contribution >= 4 is 11.6 Å². The van der Waals surface area contributed by atoms with Crippen LogP contribution in [0.1, 0.15) is 24.4 Å². The highest BCUT2D eigenvalue weighted by Crippen LogP contribution is 2.19. The minimum atomic E-state index is 0.0978. The topological polar surface area (TPSA) is 60.2 Å². The predicted octanol–water partition coefficient (Wildman–Crippen LogP) is 1.67. The van der Waals surface area contributed by atoms with Crippen LogP contribution in [0.2, 0.25) is 5.15 Å². The minimum Gasteiger partial charge on any atom is -0.385 e. The van der Waals surface area contributed by atoms with Gasteiger partial charge in [0.1, 0.15) is 5.15 Å². The van der Waals surface area contributed by atoms with Gasteiger partial charge in [-0.3, -0.25) is 11.3 Å². The fourth-order valence-electron chi connectivity index (χ4n) is 1.41. The van der Waals surface area contributed by atoms with Gasteiger partial charge in [0, 0.05) is 26.0 Å². The van der Waals surface area contributed by atoms with Crippen LogP contribution in [0.4, 0.5) is 0 Å². The molecule has 84 valence electrons. The van der Waals surface area contributed by atoms with E-state index in [1.165, 1.54) is 0 Å². The van der Waals surface area contributed by atoms with E-state index in [4.69, 9.17) is 22.2 Å². The van der Waals surface area contributed by atoms with Crippen LogP contribution in [0, 0.1) is 0 Å². The van der Waals surface area contributed by atoms with Gasteiger partial charge in [-0.25, -0.2) is 4.98 Å². The third-order valence-corrected chi connectivity index (χ3v) is 2.40. The second kappa shape index (κ2) is 6.74. The SMILES string of the molecule is COCCCC(NN)c1ccnc(Cl)c1. The summed E-state index contributed by atoms with van der Waals surface area (Å²) in [4.78, 5) is 3.93. The normalized spacial score (nSPS) is 12.7. The molecule has 0 fully saturated rings. The quantitative estimate of drug-likeness (QED) is 0.337. The number of hydrogen-bond donors (Lipinski definition) is 2. The minimum absolute atomic E-state index is 0.0978. The van der Waals surface area contributed by atoms with Crippen molar-refractivity contribution in [2.75, 3.05) is 13.7 Å². The number of aromatic nitrogens is 1. The van der Waals surface area contributed by atoms with Crippen LogP contribution in [0.25, 0.3) is 0 Å². The lowest BCUT2D eigenvalue weighted by Gasteiger charge is -2.15. The Labute approximate surface area is 94.8 Å². The summed E-state index contributed by atoms with van der Waals surface area (Å²) in [5, 5.41) is 0.486. The molecular formula is C10H16ClN3O. The summed E-state index contributed by atoms with van der Waals surface area (Å²) in [5.41, 5.74) is 3.81. The molecule has 1 rings (SSSR count). The van der Waals surface area contributed by atoms with E-state index in [1.54, 1.807) is 13.3 Å². The van der Waals surface area contributed by atoms with Gasteiger partial charge in [-0.05, 0) is 30.5 Å². The number of hydrogen-bond acceptors (Lipinski definition) is 4. The zero-order valence-corrected chi connectivity index (χ0v) is 9.50. The molecule has 4 nitrogen and oxygen atoms in total. The van der Waals surface area contributed by atoms with Gasteiger partial charge in [0.25, 0.3) is 0 Å². The van der Waals surface area contributed by atoms with Gasteiger partial charge >= 0.3 is 0 Å². The van der Waals surface area contributed by atoms with E-state index in [2.05, 4.69) is 10.4 Å². The predicted molar refractivity (Wildman–Crippen MR) is 60.4 cm³/mol. The first-order chi connectivity index (χ1) is 7.27. The van der Waals surface area contributed by atoms with Gasteiger partial charge in [-0.1, -0.05) is 11.6 Å². The number of methoxy groups -OCH3 is 1. The Kier molecular flexibility index (Phi) is 5.57. The molecule has 0 aromatic carbocycles. The number of hydrazine groups is 1. The Balaban J connectivity index is 2.57. The molecule has 1 atom stereocenters. The molecule has 0 saturated heterocycles. The maximum Gasteiger partial charge on any atom is 0.129 e. The highest BCUT2D eigenvalue weighted by molar-refractivity contribution is 6.29. The monoisotopic (exact) mass is 229 g/mol. The summed E-state index contributed by atoms with van der Waals surface area (Å²) in [6.07, 6.45) is 3.54. The molecular weight excluding hydrogens is 214 g/mol. The number of nitrogens with two attached hydrogens (primary N) is 1. The van der Waals surface area contributed by atoms with Crippen molar-refractivity contribution in [3.63, 3.8) is 0 Å². The van der Waals surface area contributed by atoms with Gasteiger partial charge in [0.15, 0.2) is 0 Å². The van der Waals surface area contributed by atoms with Gasteiger partial charge in [-0.15, -0.1) is 0 Å². The molecule has 0 amide bonds. The van der Waals surface area contributed by atoms with Gasteiger partial charge in [0.05, 0.1) is 0 Å². The van der Waals surface area contributed by atoms with E-state index < -0.39 is 0 Å². The fourth-order valence-corrected chi connectivity index (χ4v) is 1.59. The van der Waals surface area contributed by atoms with Crippen LogP contribution in [-0.4, -0.2) is 18.7 Å². The lowest BCUT2D eigenvalue weighted by Crippen LogP contribution is -2.28. The second-order valence-corrected chi connectivity index (χ2v) is 3.65. The molecule has 1 aromatic rings. The number of nitrogens with one attached hydrogen (secondary N) is 1. The molecule has 0 radical (unpaired) electrons. The van der Waals surface area contributed by atoms with Crippen LogP contribution in [-0.2, 0) is 4.74 Å². The van der Waals surface area contributed by atoms with E-state index in [-0.39, 0.29) is 6.04 Å². The maximum atomic E-state index is 5.80. The molecule has 0 saturated carbocycles. The highest BCUT2D eigenvalue weighted by atomic mass is 35.5. The summed E-state index contributed by atoms with van der Waals surface area (Å²) in [7, 11) is 1.69. The van der Waals surface area contributed by atoms with Crippen molar-refractivity contribution in [1.29, 1.82) is 0 Å². The molecule has 1 unspecified atom stereocenters. The van der Waals surface area contributed by atoms with E-state index in [0.717, 1.165) is 25.0 Å². The molecule has 0 aliphatic heterocycles. The highest BCUT2D eigenvalue weighted by Gasteiger charge is 2.09. The largest absolute Gasteiger partial charge is 0.385 e. The molecule has 3 N–H and O–H groups in total. The molecule has 1 aromatic heterocycles. The first-order valence-corrected chi connectivity index (χ1v) is 5.22. The van der Waals surface area contributed by atoms with Crippen molar-refractivity contribution in [3.8, 4) is 0 Å². The molecule has 1 heterocycles. The van der Waals surface area contributed by atoms with E-state index >= 15 is 0 Å². The Morgan fingerprint density at radius 1 is 1.67 bits per heavy atom. The van der Waals surface area contributed by atoms with Crippen LogP contribution < -0.4 is 11.3 Å². The number of pyridine rings is 1. The number of rotatable bonds is 6. The van der Waals surface area contributed by atoms with Crippen molar-refractivity contribution in [2.24, 2.45) is 5.84 Å². The second-order valence-electron chi connectivity index (χ2n) is 3.27. The maximum absolute atomic E-state index is 5.80. The average molecular weight is 230 g/mol. The summed E-state index contributed by atoms with van der Waals surface area (Å²) >= 11 is 5.80. The van der Waals surface area contributed by atoms with Gasteiger partial charge in [0.2, 0.25) is 0 Å². The summed E-state index contributed by atoms with van der Waals surface area (Å²) < 4.78 is 4.99. The number of nitrogens with zero attached hydrogens (tertiary/aromatic N) is 1. The Morgan fingerprint density at radius 3 is 3.07 bits per heavy atom. The Hall–Kier alpha value is -0.680. The standard InChI is InChI=1S/C10H16ClN3O/c1-15-6-2-3-9(14-12)8-4-5-13-10(11)7-8/h4-5,7,9,14H,2-3,6,12H2,1H3. The van der Waals surface area contributed by atoms with Crippen molar-refractivity contribution in [3.05, 3.63) is 29.0 Å². The van der Waals surface area contributed by atoms with E-state index in [1.807, 2.05) is 12.1 Å². The van der Waals surface area contributed by atoms with Gasteiger partial charge < -0.3 is 4.74 Å². The third-order valence-electron chi connectivity index (χ3n) is 2.20. The Bertz CT molecular complexity index is 296. The molecule has 15 heavy (non-hydrogen) atoms. The number of halogens is 1. The zero-order chi connectivity index (χ0) is 11.1. The molecule has 0 spiro atoms. The van der Waals surface area contributed by atoms with Crippen molar-refractivity contribution in [1.82, 2.24) is 10.4 Å². The smallest absolute Gasteiger partial charge is 0.129 e. The first-order valence-electron chi connectivity index (χ1n) is 4.84. The molecule has 0 bridgehead atoms. The lowest BCUT2D eigenvalue weighted by molar-refractivity contribution is 0.189. The summed E-state index contributed by atoms with van der Waals surface area (Å²) in [6, 6.07) is 3.82. The fraction of sp³-hybridized carbons (Fsp3) is 0.500. The van der Waals surface area contributed by atoms with E-state index in [9.17, 15) is 0 Å². The summed E-state index contributed by atoms with van der Waals surface area (Å²) in [6.45, 7) is 0.733. The van der Waals surface area contributed by atoms with Crippen LogP contribution in [0.5, 0.6) is 0 Å². The molecule has 5 heteroatoms. The third kappa shape index (κ3) is 4.13. The molecule has 0 aliphatic carbocycles. The zero-order valence-electron chi connectivity index (χ0n) is 8.74. The lowest BCUT2D eigenvalue weighted by atomic mass is 10.0. The van der Waals surface area contributed by atoms with Crippen molar-refractivity contribution in [2.45, 2.75) is 18.9 Å². The van der Waals surface area contributed by atoms with Crippen LogP contribution in [0.3, 0.4) is 0 Å². The van der Waals surface area contributed by atoms with Crippen LogP contribution in [0.15, 0.2) is 18.3 Å². The van der Waals surface area contributed by atoms with Gasteiger partial charge in [-0.2, -0.15) is 0 Å². The van der Waals surface area contributed by atoms with E-state index in [0.29, 0.717) is 5.15 Å².